The molecule has 8 heteroatoms. The third-order valence-electron chi connectivity index (χ3n) is 4.21. The molecule has 0 aliphatic heterocycles. The van der Waals surface area contributed by atoms with E-state index in [1.54, 1.807) is 6.07 Å². The lowest BCUT2D eigenvalue weighted by Gasteiger charge is -2.19. The first-order valence-corrected chi connectivity index (χ1v) is 9.27. The summed E-state index contributed by atoms with van der Waals surface area (Å²) in [6.45, 7) is 3.28. The predicted octanol–water partition coefficient (Wildman–Crippen LogP) is 5.57. The monoisotopic (exact) mass is 399 g/mol. The first-order chi connectivity index (χ1) is 12.9. The number of hydrogen-bond donors (Lipinski definition) is 1. The minimum absolute atomic E-state index is 0.0200. The van der Waals surface area contributed by atoms with Crippen LogP contribution in [0.25, 0.3) is 11.3 Å². The standard InChI is InChI=1S/C19H24ClF2N3O2/c1-5-11(6-2)23-17-15(7-3)24-16(18(25-17)26-4)13-9-8-12(10-14(13)20)27-19(21)22/h8-11,19H,5-7H2,1-4H3,(H,23,25). The zero-order valence-corrected chi connectivity index (χ0v) is 16.6. The molecule has 0 saturated heterocycles. The summed E-state index contributed by atoms with van der Waals surface area (Å²) in [5.41, 5.74) is 1.77. The molecule has 1 heterocycles. The minimum Gasteiger partial charge on any atom is -0.479 e. The third kappa shape index (κ3) is 5.19. The van der Waals surface area contributed by atoms with Crippen LogP contribution in [-0.4, -0.2) is 29.7 Å². The maximum absolute atomic E-state index is 12.4. The zero-order valence-electron chi connectivity index (χ0n) is 15.9. The molecule has 0 unspecified atom stereocenters. The van der Waals surface area contributed by atoms with Crippen LogP contribution in [0.2, 0.25) is 5.02 Å². The molecule has 1 aromatic carbocycles. The molecule has 2 rings (SSSR count). The predicted molar refractivity (Wildman–Crippen MR) is 103 cm³/mol. The van der Waals surface area contributed by atoms with Crippen molar-refractivity contribution in [2.24, 2.45) is 0 Å². The van der Waals surface area contributed by atoms with Crippen molar-refractivity contribution in [1.29, 1.82) is 0 Å². The molecule has 0 atom stereocenters. The summed E-state index contributed by atoms with van der Waals surface area (Å²) in [6, 6.07) is 4.59. The van der Waals surface area contributed by atoms with Crippen LogP contribution >= 0.6 is 11.6 Å². The largest absolute Gasteiger partial charge is 0.479 e. The highest BCUT2D eigenvalue weighted by Crippen LogP contribution is 2.36. The molecule has 5 nitrogen and oxygen atoms in total. The van der Waals surface area contributed by atoms with Crippen molar-refractivity contribution in [3.05, 3.63) is 28.9 Å². The average molecular weight is 400 g/mol. The fourth-order valence-electron chi connectivity index (χ4n) is 2.68. The second-order valence-corrected chi connectivity index (χ2v) is 6.32. The Hall–Kier alpha value is -2.15. The Balaban J connectivity index is 2.47. The lowest BCUT2D eigenvalue weighted by atomic mass is 10.1. The lowest BCUT2D eigenvalue weighted by Crippen LogP contribution is -2.20. The molecule has 0 amide bonds. The van der Waals surface area contributed by atoms with Crippen molar-refractivity contribution in [1.82, 2.24) is 9.97 Å². The van der Waals surface area contributed by atoms with Crippen LogP contribution in [0.4, 0.5) is 14.6 Å². The number of aryl methyl sites for hydroxylation is 1. The fourth-order valence-corrected chi connectivity index (χ4v) is 2.94. The Kier molecular flexibility index (Phi) is 7.59. The van der Waals surface area contributed by atoms with E-state index in [0.29, 0.717) is 29.4 Å². The number of rotatable bonds is 9. The van der Waals surface area contributed by atoms with Gasteiger partial charge in [0.15, 0.2) is 5.82 Å². The highest BCUT2D eigenvalue weighted by atomic mass is 35.5. The fraction of sp³-hybridized carbons (Fsp3) is 0.474. The average Bonchev–Trinajstić information content (AvgIpc) is 2.65. The van der Waals surface area contributed by atoms with Gasteiger partial charge in [0.25, 0.3) is 0 Å². The van der Waals surface area contributed by atoms with Crippen LogP contribution in [0.15, 0.2) is 18.2 Å². The molecular formula is C19H24ClF2N3O2. The van der Waals surface area contributed by atoms with Gasteiger partial charge in [-0.05, 0) is 37.5 Å². The van der Waals surface area contributed by atoms with Gasteiger partial charge < -0.3 is 14.8 Å². The smallest absolute Gasteiger partial charge is 0.387 e. The third-order valence-corrected chi connectivity index (χ3v) is 4.52. The summed E-state index contributed by atoms with van der Waals surface area (Å²) in [5.74, 6) is 0.971. The van der Waals surface area contributed by atoms with Gasteiger partial charge >= 0.3 is 6.61 Å². The molecule has 27 heavy (non-hydrogen) atoms. The second kappa shape index (κ2) is 9.69. The Morgan fingerprint density at radius 3 is 2.37 bits per heavy atom. The number of methoxy groups -OCH3 is 1. The van der Waals surface area contributed by atoms with Crippen LogP contribution in [-0.2, 0) is 6.42 Å². The number of hydrogen-bond acceptors (Lipinski definition) is 5. The van der Waals surface area contributed by atoms with E-state index in [4.69, 9.17) is 16.3 Å². The van der Waals surface area contributed by atoms with Gasteiger partial charge in [-0.25, -0.2) is 4.98 Å². The Labute approximate surface area is 163 Å². The number of benzene rings is 1. The zero-order chi connectivity index (χ0) is 20.0. The van der Waals surface area contributed by atoms with Crippen molar-refractivity contribution >= 4 is 17.4 Å². The summed E-state index contributed by atoms with van der Waals surface area (Å²) in [7, 11) is 1.50. The first-order valence-electron chi connectivity index (χ1n) is 8.89. The maximum Gasteiger partial charge on any atom is 0.387 e. The molecule has 1 N–H and O–H groups in total. The number of nitrogens with zero attached hydrogens (tertiary/aromatic N) is 2. The van der Waals surface area contributed by atoms with Gasteiger partial charge in [-0.3, -0.25) is 0 Å². The molecule has 0 fully saturated rings. The van der Waals surface area contributed by atoms with E-state index in [1.165, 1.54) is 19.2 Å². The summed E-state index contributed by atoms with van der Waals surface area (Å²) in [5, 5.41) is 3.63. The topological polar surface area (TPSA) is 56.3 Å². The van der Waals surface area contributed by atoms with Gasteiger partial charge in [-0.15, -0.1) is 0 Å². The van der Waals surface area contributed by atoms with E-state index in [2.05, 4.69) is 33.9 Å². The van der Waals surface area contributed by atoms with Crippen LogP contribution in [0.1, 0.15) is 39.3 Å². The molecule has 1 aromatic heterocycles. The molecule has 0 aliphatic carbocycles. The van der Waals surface area contributed by atoms with Crippen LogP contribution in [0.5, 0.6) is 11.6 Å². The molecule has 148 valence electrons. The van der Waals surface area contributed by atoms with Gasteiger partial charge in [-0.1, -0.05) is 32.4 Å². The number of halogens is 3. The van der Waals surface area contributed by atoms with Crippen molar-refractivity contribution in [2.75, 3.05) is 12.4 Å². The van der Waals surface area contributed by atoms with Crippen molar-refractivity contribution in [3.8, 4) is 22.9 Å². The Morgan fingerprint density at radius 2 is 1.85 bits per heavy atom. The first kappa shape index (κ1) is 21.2. The number of anilines is 1. The second-order valence-electron chi connectivity index (χ2n) is 5.91. The SMILES string of the molecule is CCc1nc(-c2ccc(OC(F)F)cc2Cl)c(OC)nc1NC(CC)CC. The van der Waals surface area contributed by atoms with Gasteiger partial charge in [0.05, 0.1) is 17.8 Å². The molecule has 0 aliphatic rings. The number of ether oxygens (including phenoxy) is 2. The van der Waals surface area contributed by atoms with E-state index in [9.17, 15) is 8.78 Å². The van der Waals surface area contributed by atoms with Gasteiger partial charge in [0.2, 0.25) is 5.88 Å². The summed E-state index contributed by atoms with van der Waals surface area (Å²) in [6.07, 6.45) is 2.59. The van der Waals surface area contributed by atoms with E-state index in [0.717, 1.165) is 18.5 Å². The van der Waals surface area contributed by atoms with E-state index >= 15 is 0 Å². The lowest BCUT2D eigenvalue weighted by molar-refractivity contribution is -0.0498. The van der Waals surface area contributed by atoms with Crippen molar-refractivity contribution in [3.63, 3.8) is 0 Å². The quantitative estimate of drug-likeness (QED) is 0.597. The summed E-state index contributed by atoms with van der Waals surface area (Å²) in [4.78, 5) is 9.26. The minimum atomic E-state index is -2.91. The van der Waals surface area contributed by atoms with Crippen molar-refractivity contribution in [2.45, 2.75) is 52.7 Å². The highest BCUT2D eigenvalue weighted by Gasteiger charge is 2.19. The van der Waals surface area contributed by atoms with Crippen LogP contribution < -0.4 is 14.8 Å². The number of alkyl halides is 2. The van der Waals surface area contributed by atoms with Crippen LogP contribution in [0.3, 0.4) is 0 Å². The van der Waals surface area contributed by atoms with Gasteiger partial charge in [0, 0.05) is 11.6 Å². The van der Waals surface area contributed by atoms with Crippen LogP contribution in [0, 0.1) is 0 Å². The van der Waals surface area contributed by atoms with E-state index < -0.39 is 6.61 Å². The van der Waals surface area contributed by atoms with Gasteiger partial charge in [0.1, 0.15) is 11.4 Å². The molecule has 0 spiro atoms. The molecule has 0 saturated carbocycles. The Bertz CT molecular complexity index is 771. The number of nitrogens with one attached hydrogen (secondary N) is 1. The van der Waals surface area contributed by atoms with E-state index in [-0.39, 0.29) is 16.8 Å². The Morgan fingerprint density at radius 1 is 1.15 bits per heavy atom. The molecule has 2 aromatic rings. The maximum atomic E-state index is 12.4. The summed E-state index contributed by atoms with van der Waals surface area (Å²) >= 11 is 6.28. The molecule has 0 radical (unpaired) electrons. The molecular weight excluding hydrogens is 376 g/mol. The summed E-state index contributed by atoms with van der Waals surface area (Å²) < 4.78 is 34.6. The normalized spacial score (nSPS) is 11.1. The highest BCUT2D eigenvalue weighted by molar-refractivity contribution is 6.33. The van der Waals surface area contributed by atoms with Crippen molar-refractivity contribution < 1.29 is 18.3 Å². The number of aromatic nitrogens is 2. The molecule has 0 bridgehead atoms. The van der Waals surface area contributed by atoms with E-state index in [1.807, 2.05) is 6.92 Å². The van der Waals surface area contributed by atoms with Gasteiger partial charge in [-0.2, -0.15) is 13.8 Å².